The van der Waals surface area contributed by atoms with Crippen LogP contribution in [0.2, 0.25) is 0 Å². The van der Waals surface area contributed by atoms with Gasteiger partial charge in [-0.1, -0.05) is 12.1 Å². The normalized spacial score (nSPS) is 17.0. The van der Waals surface area contributed by atoms with Gasteiger partial charge in [0.15, 0.2) is 0 Å². The highest BCUT2D eigenvalue weighted by atomic mass is 15.1. The van der Waals surface area contributed by atoms with E-state index in [0.29, 0.717) is 0 Å². The molecule has 1 aromatic carbocycles. The van der Waals surface area contributed by atoms with Gasteiger partial charge in [-0.2, -0.15) is 0 Å². The Morgan fingerprint density at radius 2 is 2.14 bits per heavy atom. The standard InChI is InChI=1S/C17H24N4/c1-20-8-5-15(6-9-20)12-19-17-4-2-3-16(11-17)13-21-10-7-18-14-21/h2-4,7,10-11,14-15,19H,5-6,8-9,12-13H2,1H3. The molecule has 0 radical (unpaired) electrons. The average molecular weight is 284 g/mol. The summed E-state index contributed by atoms with van der Waals surface area (Å²) in [5.74, 6) is 0.804. The van der Waals surface area contributed by atoms with E-state index in [1.165, 1.54) is 37.2 Å². The molecule has 2 aromatic rings. The molecule has 21 heavy (non-hydrogen) atoms. The number of benzene rings is 1. The molecule has 2 heterocycles. The van der Waals surface area contributed by atoms with Crippen LogP contribution in [-0.2, 0) is 6.54 Å². The quantitative estimate of drug-likeness (QED) is 0.916. The maximum Gasteiger partial charge on any atom is 0.0949 e. The van der Waals surface area contributed by atoms with Crippen LogP contribution in [0.15, 0.2) is 43.0 Å². The zero-order valence-electron chi connectivity index (χ0n) is 12.7. The van der Waals surface area contributed by atoms with Crippen molar-refractivity contribution in [3.05, 3.63) is 48.5 Å². The van der Waals surface area contributed by atoms with Crippen molar-refractivity contribution in [1.29, 1.82) is 0 Å². The van der Waals surface area contributed by atoms with Gasteiger partial charge in [-0.05, 0) is 56.6 Å². The van der Waals surface area contributed by atoms with Crippen LogP contribution in [0.5, 0.6) is 0 Å². The molecule has 0 spiro atoms. The first kappa shape index (κ1) is 14.1. The van der Waals surface area contributed by atoms with Gasteiger partial charge < -0.3 is 14.8 Å². The molecule has 0 unspecified atom stereocenters. The SMILES string of the molecule is CN1CCC(CNc2cccc(Cn3ccnc3)c2)CC1. The van der Waals surface area contributed by atoms with Crippen LogP contribution >= 0.6 is 0 Å². The zero-order valence-corrected chi connectivity index (χ0v) is 12.7. The van der Waals surface area contributed by atoms with Crippen LogP contribution in [0.3, 0.4) is 0 Å². The molecule has 1 fully saturated rings. The lowest BCUT2D eigenvalue weighted by atomic mass is 9.97. The number of aromatic nitrogens is 2. The van der Waals surface area contributed by atoms with Crippen LogP contribution in [0.25, 0.3) is 0 Å². The predicted molar refractivity (Wildman–Crippen MR) is 86.5 cm³/mol. The molecule has 1 N–H and O–H groups in total. The van der Waals surface area contributed by atoms with Crippen molar-refractivity contribution in [3.8, 4) is 0 Å². The Labute approximate surface area is 126 Å². The Balaban J connectivity index is 1.53. The van der Waals surface area contributed by atoms with Gasteiger partial charge in [0.2, 0.25) is 0 Å². The second kappa shape index (κ2) is 6.76. The summed E-state index contributed by atoms with van der Waals surface area (Å²) in [5.41, 5.74) is 2.54. The first-order valence-corrected chi connectivity index (χ1v) is 7.77. The van der Waals surface area contributed by atoms with E-state index < -0.39 is 0 Å². The maximum absolute atomic E-state index is 4.09. The highest BCUT2D eigenvalue weighted by Crippen LogP contribution is 2.18. The highest BCUT2D eigenvalue weighted by Gasteiger charge is 2.16. The van der Waals surface area contributed by atoms with E-state index in [1.807, 2.05) is 18.7 Å². The predicted octanol–water partition coefficient (Wildman–Crippen LogP) is 2.69. The van der Waals surface area contributed by atoms with Gasteiger partial charge in [-0.15, -0.1) is 0 Å². The van der Waals surface area contributed by atoms with Crippen molar-refractivity contribution >= 4 is 5.69 Å². The Morgan fingerprint density at radius 3 is 2.90 bits per heavy atom. The molecule has 0 atom stereocenters. The summed E-state index contributed by atoms with van der Waals surface area (Å²) in [6, 6.07) is 8.70. The summed E-state index contributed by atoms with van der Waals surface area (Å²) >= 11 is 0. The van der Waals surface area contributed by atoms with Crippen molar-refractivity contribution in [2.24, 2.45) is 5.92 Å². The van der Waals surface area contributed by atoms with Gasteiger partial charge in [0.05, 0.1) is 6.33 Å². The number of rotatable bonds is 5. The van der Waals surface area contributed by atoms with E-state index in [-0.39, 0.29) is 0 Å². The largest absolute Gasteiger partial charge is 0.385 e. The first-order chi connectivity index (χ1) is 10.3. The Hall–Kier alpha value is -1.81. The lowest BCUT2D eigenvalue weighted by Crippen LogP contribution is -2.32. The fourth-order valence-electron chi connectivity index (χ4n) is 2.90. The van der Waals surface area contributed by atoms with Crippen molar-refractivity contribution < 1.29 is 0 Å². The van der Waals surface area contributed by atoms with Crippen LogP contribution in [0, 0.1) is 5.92 Å². The molecule has 1 saturated heterocycles. The molecule has 4 nitrogen and oxygen atoms in total. The minimum absolute atomic E-state index is 0.804. The average Bonchev–Trinajstić information content (AvgIpc) is 3.00. The molecule has 0 amide bonds. The highest BCUT2D eigenvalue weighted by molar-refractivity contribution is 5.45. The van der Waals surface area contributed by atoms with E-state index in [1.54, 1.807) is 0 Å². The van der Waals surface area contributed by atoms with Crippen molar-refractivity contribution in [2.45, 2.75) is 19.4 Å². The number of hydrogen-bond acceptors (Lipinski definition) is 3. The van der Waals surface area contributed by atoms with Gasteiger partial charge in [-0.3, -0.25) is 0 Å². The molecule has 1 aliphatic rings. The summed E-state index contributed by atoms with van der Waals surface area (Å²) in [7, 11) is 2.21. The zero-order chi connectivity index (χ0) is 14.5. The summed E-state index contributed by atoms with van der Waals surface area (Å²) in [5, 5.41) is 3.61. The second-order valence-corrected chi connectivity index (χ2v) is 6.06. The topological polar surface area (TPSA) is 33.1 Å². The number of nitrogens with zero attached hydrogens (tertiary/aromatic N) is 3. The van der Waals surface area contributed by atoms with Gasteiger partial charge >= 0.3 is 0 Å². The first-order valence-electron chi connectivity index (χ1n) is 7.77. The minimum atomic E-state index is 0.804. The van der Waals surface area contributed by atoms with Gasteiger partial charge in [0.25, 0.3) is 0 Å². The second-order valence-electron chi connectivity index (χ2n) is 6.06. The van der Waals surface area contributed by atoms with E-state index in [4.69, 9.17) is 0 Å². The Bertz CT molecular complexity index is 542. The van der Waals surface area contributed by atoms with Crippen molar-refractivity contribution in [1.82, 2.24) is 14.5 Å². The molecule has 1 aliphatic heterocycles. The summed E-state index contributed by atoms with van der Waals surface area (Å²) in [6.45, 7) is 4.42. The summed E-state index contributed by atoms with van der Waals surface area (Å²) in [6.07, 6.45) is 8.29. The van der Waals surface area contributed by atoms with E-state index in [2.05, 4.69) is 51.1 Å². The van der Waals surface area contributed by atoms with Gasteiger partial charge in [-0.25, -0.2) is 4.98 Å². The lowest BCUT2D eigenvalue weighted by molar-refractivity contribution is 0.226. The van der Waals surface area contributed by atoms with Crippen LogP contribution in [0.4, 0.5) is 5.69 Å². The monoisotopic (exact) mass is 284 g/mol. The summed E-state index contributed by atoms with van der Waals surface area (Å²) < 4.78 is 2.09. The van der Waals surface area contributed by atoms with Crippen molar-refractivity contribution in [3.63, 3.8) is 0 Å². The Morgan fingerprint density at radius 1 is 1.29 bits per heavy atom. The van der Waals surface area contributed by atoms with E-state index in [0.717, 1.165) is 19.0 Å². The fourth-order valence-corrected chi connectivity index (χ4v) is 2.90. The number of likely N-dealkylation sites (tertiary alicyclic amines) is 1. The van der Waals surface area contributed by atoms with Crippen LogP contribution in [0.1, 0.15) is 18.4 Å². The third kappa shape index (κ3) is 4.08. The molecule has 4 heteroatoms. The van der Waals surface area contributed by atoms with Gasteiger partial charge in [0, 0.05) is 31.2 Å². The molecular formula is C17H24N4. The molecular weight excluding hydrogens is 260 g/mol. The van der Waals surface area contributed by atoms with Gasteiger partial charge in [0.1, 0.15) is 0 Å². The Kier molecular flexibility index (Phi) is 4.55. The molecule has 1 aromatic heterocycles. The third-order valence-corrected chi connectivity index (χ3v) is 4.28. The number of piperidine rings is 1. The molecule has 0 aliphatic carbocycles. The smallest absolute Gasteiger partial charge is 0.0949 e. The maximum atomic E-state index is 4.09. The van der Waals surface area contributed by atoms with E-state index >= 15 is 0 Å². The number of anilines is 1. The molecule has 112 valence electrons. The number of nitrogens with one attached hydrogen (secondary N) is 1. The molecule has 3 rings (SSSR count). The van der Waals surface area contributed by atoms with Crippen molar-refractivity contribution in [2.75, 3.05) is 32.0 Å². The summed E-state index contributed by atoms with van der Waals surface area (Å²) in [4.78, 5) is 6.51. The number of hydrogen-bond donors (Lipinski definition) is 1. The number of imidazole rings is 1. The minimum Gasteiger partial charge on any atom is -0.385 e. The van der Waals surface area contributed by atoms with Crippen LogP contribution < -0.4 is 5.32 Å². The van der Waals surface area contributed by atoms with E-state index in [9.17, 15) is 0 Å². The lowest BCUT2D eigenvalue weighted by Gasteiger charge is -2.29. The van der Waals surface area contributed by atoms with Crippen LogP contribution in [-0.4, -0.2) is 41.1 Å². The third-order valence-electron chi connectivity index (χ3n) is 4.28. The molecule has 0 saturated carbocycles. The molecule has 0 bridgehead atoms. The fraction of sp³-hybridized carbons (Fsp3) is 0.471.